The Labute approximate surface area is 95.9 Å². The molecule has 2 atom stereocenters. The number of Topliss-reactive ketones (excluding diaryl/α,β-unsaturated/α-hetero) is 1. The van der Waals surface area contributed by atoms with Crippen LogP contribution in [-0.4, -0.2) is 21.4 Å². The van der Waals surface area contributed by atoms with Crippen LogP contribution in [0.4, 0.5) is 0 Å². The zero-order valence-corrected chi connectivity index (χ0v) is 9.72. The van der Waals surface area contributed by atoms with E-state index in [0.29, 0.717) is 6.42 Å². The lowest BCUT2D eigenvalue weighted by Gasteiger charge is -2.27. The fraction of sp³-hybridized carbons (Fsp3) is 0.667. The van der Waals surface area contributed by atoms with E-state index in [1.54, 1.807) is 6.20 Å². The maximum absolute atomic E-state index is 12.1. The van der Waals surface area contributed by atoms with Gasteiger partial charge in [0.2, 0.25) is 0 Å². The second-order valence-electron chi connectivity index (χ2n) is 4.65. The lowest BCUT2D eigenvalue weighted by atomic mass is 9.81. The second-order valence-corrected chi connectivity index (χ2v) is 4.65. The lowest BCUT2D eigenvalue weighted by Crippen LogP contribution is -2.38. The van der Waals surface area contributed by atoms with Gasteiger partial charge in [-0.25, -0.2) is 4.98 Å². The molecule has 1 aromatic rings. The molecule has 0 spiro atoms. The third-order valence-electron chi connectivity index (χ3n) is 3.49. The molecule has 0 amide bonds. The summed E-state index contributed by atoms with van der Waals surface area (Å²) in [6.45, 7) is 0. The van der Waals surface area contributed by atoms with Crippen LogP contribution in [0.25, 0.3) is 0 Å². The fourth-order valence-electron chi connectivity index (χ4n) is 2.41. The monoisotopic (exact) mass is 221 g/mol. The predicted octanol–water partition coefficient (Wildman–Crippen LogP) is 1.05. The predicted molar refractivity (Wildman–Crippen MR) is 61.9 cm³/mol. The molecule has 2 rings (SSSR count). The Hall–Kier alpha value is -1.16. The summed E-state index contributed by atoms with van der Waals surface area (Å²) in [6.07, 6.45) is 8.23. The lowest BCUT2D eigenvalue weighted by molar-refractivity contribution is -0.123. The van der Waals surface area contributed by atoms with E-state index in [0.717, 1.165) is 31.5 Å². The zero-order valence-electron chi connectivity index (χ0n) is 9.72. The number of imidazole rings is 1. The maximum Gasteiger partial charge on any atom is 0.145 e. The highest BCUT2D eigenvalue weighted by Crippen LogP contribution is 2.24. The van der Waals surface area contributed by atoms with Gasteiger partial charge in [0.25, 0.3) is 0 Å². The molecule has 1 fully saturated rings. The van der Waals surface area contributed by atoms with E-state index >= 15 is 0 Å². The van der Waals surface area contributed by atoms with Crippen molar-refractivity contribution in [3.8, 4) is 0 Å². The summed E-state index contributed by atoms with van der Waals surface area (Å²) in [6, 6.07) is 0.0570. The zero-order chi connectivity index (χ0) is 11.5. The van der Waals surface area contributed by atoms with Crippen LogP contribution in [0.2, 0.25) is 0 Å². The molecule has 0 saturated heterocycles. The quantitative estimate of drug-likeness (QED) is 0.830. The average Bonchev–Trinajstić information content (AvgIpc) is 2.65. The molecular weight excluding hydrogens is 202 g/mol. The van der Waals surface area contributed by atoms with Gasteiger partial charge in [-0.3, -0.25) is 4.79 Å². The molecule has 1 aliphatic rings. The van der Waals surface area contributed by atoms with E-state index in [9.17, 15) is 4.79 Å². The van der Waals surface area contributed by atoms with Gasteiger partial charge in [-0.05, 0) is 12.8 Å². The highest BCUT2D eigenvalue weighted by atomic mass is 16.1. The topological polar surface area (TPSA) is 60.9 Å². The van der Waals surface area contributed by atoms with Crippen LogP contribution in [0.1, 0.15) is 31.5 Å². The summed E-state index contributed by atoms with van der Waals surface area (Å²) in [5, 5.41) is 0. The third kappa shape index (κ3) is 2.32. The molecule has 2 unspecified atom stereocenters. The first kappa shape index (κ1) is 11.3. The van der Waals surface area contributed by atoms with Gasteiger partial charge in [-0.15, -0.1) is 0 Å². The van der Waals surface area contributed by atoms with Crippen molar-refractivity contribution in [1.82, 2.24) is 9.55 Å². The average molecular weight is 221 g/mol. The van der Waals surface area contributed by atoms with Gasteiger partial charge in [0, 0.05) is 31.4 Å². The molecule has 16 heavy (non-hydrogen) atoms. The Morgan fingerprint density at radius 2 is 2.31 bits per heavy atom. The smallest absolute Gasteiger partial charge is 0.145 e. The van der Waals surface area contributed by atoms with Crippen LogP contribution in [0.3, 0.4) is 0 Å². The van der Waals surface area contributed by atoms with E-state index in [1.807, 2.05) is 17.8 Å². The van der Waals surface area contributed by atoms with Gasteiger partial charge in [-0.1, -0.05) is 12.8 Å². The molecule has 1 aliphatic carbocycles. The van der Waals surface area contributed by atoms with Crippen molar-refractivity contribution in [3.05, 3.63) is 18.2 Å². The normalized spacial score (nSPS) is 25.6. The molecule has 4 nitrogen and oxygen atoms in total. The maximum atomic E-state index is 12.1. The van der Waals surface area contributed by atoms with Crippen LogP contribution in [0, 0.1) is 5.92 Å². The minimum atomic E-state index is 0.0467. The number of hydrogen-bond donors (Lipinski definition) is 1. The summed E-state index contributed by atoms with van der Waals surface area (Å²) in [5.74, 6) is 1.13. The highest BCUT2D eigenvalue weighted by Gasteiger charge is 2.28. The molecule has 0 bridgehead atoms. The van der Waals surface area contributed by atoms with Crippen molar-refractivity contribution in [2.24, 2.45) is 18.7 Å². The minimum Gasteiger partial charge on any atom is -0.338 e. The van der Waals surface area contributed by atoms with Crippen LogP contribution >= 0.6 is 0 Å². The van der Waals surface area contributed by atoms with Gasteiger partial charge in [0.1, 0.15) is 11.6 Å². The Kier molecular flexibility index (Phi) is 3.39. The number of nitrogens with zero attached hydrogens (tertiary/aromatic N) is 2. The van der Waals surface area contributed by atoms with Gasteiger partial charge < -0.3 is 10.3 Å². The van der Waals surface area contributed by atoms with Crippen LogP contribution < -0.4 is 5.73 Å². The van der Waals surface area contributed by atoms with Gasteiger partial charge >= 0.3 is 0 Å². The Morgan fingerprint density at radius 1 is 1.56 bits per heavy atom. The minimum absolute atomic E-state index is 0.0467. The van der Waals surface area contributed by atoms with Crippen molar-refractivity contribution >= 4 is 5.78 Å². The fourth-order valence-corrected chi connectivity index (χ4v) is 2.41. The number of ketones is 1. The largest absolute Gasteiger partial charge is 0.338 e. The Bertz CT molecular complexity index is 372. The molecule has 1 heterocycles. The van der Waals surface area contributed by atoms with Gasteiger partial charge in [0.15, 0.2) is 0 Å². The van der Waals surface area contributed by atoms with E-state index in [-0.39, 0.29) is 17.7 Å². The number of carbonyl (C=O) groups is 1. The molecule has 4 heteroatoms. The highest BCUT2D eigenvalue weighted by molar-refractivity contribution is 5.83. The van der Waals surface area contributed by atoms with Crippen molar-refractivity contribution < 1.29 is 4.79 Å². The Balaban J connectivity index is 2.00. The standard InChI is InChI=1S/C12H19N3O/c1-15-7-6-14-12(15)8-11(16)9-4-2-3-5-10(9)13/h6-7,9-10H,2-5,8,13H2,1H3. The van der Waals surface area contributed by atoms with E-state index < -0.39 is 0 Å². The van der Waals surface area contributed by atoms with Crippen molar-refractivity contribution in [2.75, 3.05) is 0 Å². The van der Waals surface area contributed by atoms with E-state index in [4.69, 9.17) is 5.73 Å². The number of aromatic nitrogens is 2. The van der Waals surface area contributed by atoms with Gasteiger partial charge in [-0.2, -0.15) is 0 Å². The molecule has 2 N–H and O–H groups in total. The number of nitrogens with two attached hydrogens (primary N) is 1. The first-order valence-electron chi connectivity index (χ1n) is 5.93. The molecule has 0 aliphatic heterocycles. The summed E-state index contributed by atoms with van der Waals surface area (Å²) < 4.78 is 1.90. The van der Waals surface area contributed by atoms with Crippen LogP contribution in [0.15, 0.2) is 12.4 Å². The number of hydrogen-bond acceptors (Lipinski definition) is 3. The third-order valence-corrected chi connectivity index (χ3v) is 3.49. The van der Waals surface area contributed by atoms with Crippen LogP contribution in [0.5, 0.6) is 0 Å². The summed E-state index contributed by atoms with van der Waals surface area (Å²) >= 11 is 0. The van der Waals surface area contributed by atoms with E-state index in [2.05, 4.69) is 4.98 Å². The summed E-state index contributed by atoms with van der Waals surface area (Å²) in [4.78, 5) is 16.3. The number of rotatable bonds is 3. The summed E-state index contributed by atoms with van der Waals surface area (Å²) in [5.41, 5.74) is 6.00. The molecule has 0 aromatic carbocycles. The van der Waals surface area contributed by atoms with Crippen LogP contribution in [-0.2, 0) is 18.3 Å². The van der Waals surface area contributed by atoms with Gasteiger partial charge in [0.05, 0.1) is 6.42 Å². The van der Waals surface area contributed by atoms with E-state index in [1.165, 1.54) is 0 Å². The first-order valence-corrected chi connectivity index (χ1v) is 5.93. The molecule has 1 saturated carbocycles. The first-order chi connectivity index (χ1) is 7.68. The molecule has 88 valence electrons. The van der Waals surface area contributed by atoms with Crippen molar-refractivity contribution in [1.29, 1.82) is 0 Å². The Morgan fingerprint density at radius 3 is 2.94 bits per heavy atom. The SMILES string of the molecule is Cn1ccnc1CC(=O)C1CCCCC1N. The number of aryl methyl sites for hydroxylation is 1. The molecule has 0 radical (unpaired) electrons. The number of carbonyl (C=O) groups excluding carboxylic acids is 1. The summed E-state index contributed by atoms with van der Waals surface area (Å²) in [7, 11) is 1.91. The molecule has 1 aromatic heterocycles. The van der Waals surface area contributed by atoms with Crippen molar-refractivity contribution in [2.45, 2.75) is 38.1 Å². The van der Waals surface area contributed by atoms with Crippen molar-refractivity contribution in [3.63, 3.8) is 0 Å². The second kappa shape index (κ2) is 4.78. The molecular formula is C12H19N3O.